The maximum atomic E-state index is 13.4. The van der Waals surface area contributed by atoms with Gasteiger partial charge in [0.2, 0.25) is 5.91 Å². The lowest BCUT2D eigenvalue weighted by Crippen LogP contribution is -2.56. The van der Waals surface area contributed by atoms with Gasteiger partial charge >= 0.3 is 0 Å². The fourth-order valence-corrected chi connectivity index (χ4v) is 5.64. The third kappa shape index (κ3) is 4.61. The molecule has 2 aromatic rings. The van der Waals surface area contributed by atoms with Gasteiger partial charge in [-0.1, -0.05) is 55.3 Å². The van der Waals surface area contributed by atoms with E-state index < -0.39 is 5.60 Å². The third-order valence-electron chi connectivity index (χ3n) is 7.43. The molecule has 4 rings (SSSR count). The smallest absolute Gasteiger partial charge is 0.247 e. The van der Waals surface area contributed by atoms with Crippen LogP contribution in [0, 0.1) is 5.92 Å². The van der Waals surface area contributed by atoms with Gasteiger partial charge in [-0.3, -0.25) is 4.79 Å². The molecule has 0 aromatic heterocycles. The van der Waals surface area contributed by atoms with Crippen molar-refractivity contribution in [2.45, 2.75) is 57.6 Å². The van der Waals surface area contributed by atoms with E-state index in [1.165, 1.54) is 5.69 Å². The Hall–Kier alpha value is -2.59. The summed E-state index contributed by atoms with van der Waals surface area (Å²) in [5.74, 6) is 0.109. The minimum Gasteiger partial charge on any atom is -0.389 e. The summed E-state index contributed by atoms with van der Waals surface area (Å²) in [6, 6.07) is 18.5. The number of fused-ring (bicyclic) bond motifs is 1. The minimum absolute atomic E-state index is 0.0271. The second-order valence-electron chi connectivity index (χ2n) is 9.19. The van der Waals surface area contributed by atoms with Crippen LogP contribution in [-0.4, -0.2) is 41.1 Å². The first-order valence-electron chi connectivity index (χ1n) is 12.2. The Morgan fingerprint density at radius 1 is 1.06 bits per heavy atom. The molecule has 0 unspecified atom stereocenters. The van der Waals surface area contributed by atoms with Crippen LogP contribution < -0.4 is 4.90 Å². The zero-order valence-electron chi connectivity index (χ0n) is 19.4. The van der Waals surface area contributed by atoms with Crippen molar-refractivity contribution >= 4 is 17.7 Å². The van der Waals surface area contributed by atoms with Gasteiger partial charge in [0.25, 0.3) is 0 Å². The molecule has 1 heterocycles. The number of carbonyl (C=O) groups excluding carboxylic acids is 1. The highest BCUT2D eigenvalue weighted by atomic mass is 16.3. The Balaban J connectivity index is 1.64. The highest BCUT2D eigenvalue weighted by molar-refractivity contribution is 5.92. The maximum Gasteiger partial charge on any atom is 0.247 e. The molecule has 32 heavy (non-hydrogen) atoms. The van der Waals surface area contributed by atoms with Gasteiger partial charge < -0.3 is 14.9 Å². The third-order valence-corrected chi connectivity index (χ3v) is 7.43. The Bertz CT molecular complexity index is 920. The summed E-state index contributed by atoms with van der Waals surface area (Å²) in [4.78, 5) is 17.7. The van der Waals surface area contributed by atoms with E-state index in [0.717, 1.165) is 49.9 Å². The van der Waals surface area contributed by atoms with Crippen LogP contribution in [0.25, 0.3) is 6.08 Å². The van der Waals surface area contributed by atoms with Crippen molar-refractivity contribution in [3.8, 4) is 0 Å². The van der Waals surface area contributed by atoms with E-state index in [1.807, 2.05) is 41.3 Å². The van der Waals surface area contributed by atoms with Crippen LogP contribution in [0.15, 0.2) is 60.7 Å². The van der Waals surface area contributed by atoms with Gasteiger partial charge in [0.1, 0.15) is 0 Å². The van der Waals surface area contributed by atoms with Gasteiger partial charge in [-0.15, -0.1) is 0 Å². The number of likely N-dealkylation sites (tertiary alicyclic amines) is 1. The molecule has 2 aromatic carbocycles. The number of piperidine rings is 1. The number of aliphatic hydroxyl groups is 1. The number of anilines is 1. The van der Waals surface area contributed by atoms with Crippen LogP contribution in [0.3, 0.4) is 0 Å². The lowest BCUT2D eigenvalue weighted by Gasteiger charge is -2.52. The molecule has 1 saturated heterocycles. The number of carbonyl (C=O) groups is 1. The number of amides is 1. The Kier molecular flexibility index (Phi) is 7.00. The van der Waals surface area contributed by atoms with Gasteiger partial charge in [-0.25, -0.2) is 0 Å². The second-order valence-corrected chi connectivity index (χ2v) is 9.19. The van der Waals surface area contributed by atoms with E-state index in [2.05, 4.69) is 43.0 Å². The second kappa shape index (κ2) is 9.91. The predicted molar refractivity (Wildman–Crippen MR) is 131 cm³/mol. The average molecular weight is 433 g/mol. The van der Waals surface area contributed by atoms with Gasteiger partial charge in [0.05, 0.1) is 11.6 Å². The highest BCUT2D eigenvalue weighted by Crippen LogP contribution is 2.49. The standard InChI is InChI=1S/C28H36N2O2/c1-3-29(4-2)24-16-14-23(15-17-24)27-25-12-8-9-19-28(25,32)20-21-30(27)26(31)18-13-22-10-6-5-7-11-22/h5-7,10-11,13-18,25,27,32H,3-4,8-9,12,19-21H2,1-2H3/t25-,27-,28+/m1/s1. The number of hydrogen-bond acceptors (Lipinski definition) is 3. The van der Waals surface area contributed by atoms with Crippen molar-refractivity contribution < 1.29 is 9.90 Å². The molecule has 1 aliphatic carbocycles. The van der Waals surface area contributed by atoms with E-state index in [9.17, 15) is 9.90 Å². The fraction of sp³-hybridized carbons (Fsp3) is 0.464. The summed E-state index contributed by atoms with van der Waals surface area (Å²) in [6.07, 6.45) is 8.24. The van der Waals surface area contributed by atoms with E-state index in [0.29, 0.717) is 13.0 Å². The SMILES string of the molecule is CCN(CC)c1ccc([C@@H]2[C@H]3CCCC[C@]3(O)CCN2C(=O)C=Cc2ccccc2)cc1. The van der Waals surface area contributed by atoms with Gasteiger partial charge in [-0.05, 0) is 62.4 Å². The molecule has 0 spiro atoms. The van der Waals surface area contributed by atoms with Crippen molar-refractivity contribution in [1.29, 1.82) is 0 Å². The van der Waals surface area contributed by atoms with Crippen molar-refractivity contribution in [3.05, 3.63) is 71.8 Å². The van der Waals surface area contributed by atoms with Gasteiger partial charge in [-0.2, -0.15) is 0 Å². The van der Waals surface area contributed by atoms with Crippen LogP contribution in [0.5, 0.6) is 0 Å². The number of nitrogens with zero attached hydrogens (tertiary/aromatic N) is 2. The molecular weight excluding hydrogens is 396 g/mol. The molecule has 170 valence electrons. The quantitative estimate of drug-likeness (QED) is 0.618. The molecule has 4 nitrogen and oxygen atoms in total. The lowest BCUT2D eigenvalue weighted by molar-refractivity contribution is -0.150. The molecule has 1 N–H and O–H groups in total. The molecule has 2 fully saturated rings. The van der Waals surface area contributed by atoms with Crippen LogP contribution in [0.1, 0.15) is 63.1 Å². The van der Waals surface area contributed by atoms with E-state index in [4.69, 9.17) is 0 Å². The van der Waals surface area contributed by atoms with Crippen molar-refractivity contribution in [2.24, 2.45) is 5.92 Å². The molecule has 0 bridgehead atoms. The maximum absolute atomic E-state index is 13.4. The molecule has 0 radical (unpaired) electrons. The molecule has 4 heteroatoms. The van der Waals surface area contributed by atoms with Crippen molar-refractivity contribution in [1.82, 2.24) is 4.90 Å². The summed E-state index contributed by atoms with van der Waals surface area (Å²) in [5, 5.41) is 11.5. The Morgan fingerprint density at radius 2 is 1.78 bits per heavy atom. The summed E-state index contributed by atoms with van der Waals surface area (Å²) < 4.78 is 0. The Labute approximate surface area is 192 Å². The number of hydrogen-bond donors (Lipinski definition) is 1. The lowest BCUT2D eigenvalue weighted by atomic mass is 9.66. The van der Waals surface area contributed by atoms with Gasteiger partial charge in [0, 0.05) is 37.3 Å². The summed E-state index contributed by atoms with van der Waals surface area (Å²) in [7, 11) is 0. The zero-order valence-corrected chi connectivity index (χ0v) is 19.4. The Morgan fingerprint density at radius 3 is 2.47 bits per heavy atom. The first-order valence-corrected chi connectivity index (χ1v) is 12.2. The van der Waals surface area contributed by atoms with Crippen LogP contribution in [0.4, 0.5) is 5.69 Å². The fourth-order valence-electron chi connectivity index (χ4n) is 5.64. The molecule has 1 aliphatic heterocycles. The molecule has 2 aliphatic rings. The highest BCUT2D eigenvalue weighted by Gasteiger charge is 2.49. The monoisotopic (exact) mass is 432 g/mol. The van der Waals surface area contributed by atoms with Crippen molar-refractivity contribution in [3.63, 3.8) is 0 Å². The normalized spacial score (nSPS) is 25.5. The number of rotatable bonds is 6. The predicted octanol–water partition coefficient (Wildman–Crippen LogP) is 5.44. The summed E-state index contributed by atoms with van der Waals surface area (Å²) >= 11 is 0. The first-order chi connectivity index (χ1) is 15.6. The molecule has 1 saturated carbocycles. The molecular formula is C28H36N2O2. The van der Waals surface area contributed by atoms with Crippen LogP contribution in [0.2, 0.25) is 0 Å². The van der Waals surface area contributed by atoms with E-state index in [-0.39, 0.29) is 17.9 Å². The first kappa shape index (κ1) is 22.6. The summed E-state index contributed by atoms with van der Waals surface area (Å²) in [5.41, 5.74) is 2.69. The average Bonchev–Trinajstić information content (AvgIpc) is 2.83. The summed E-state index contributed by atoms with van der Waals surface area (Å²) in [6.45, 7) is 6.86. The molecule has 3 atom stereocenters. The minimum atomic E-state index is -0.666. The van der Waals surface area contributed by atoms with E-state index in [1.54, 1.807) is 6.08 Å². The van der Waals surface area contributed by atoms with Crippen molar-refractivity contribution in [2.75, 3.05) is 24.5 Å². The molecule has 1 amide bonds. The largest absolute Gasteiger partial charge is 0.389 e. The van der Waals surface area contributed by atoms with E-state index >= 15 is 0 Å². The topological polar surface area (TPSA) is 43.8 Å². The van der Waals surface area contributed by atoms with Crippen LogP contribution in [-0.2, 0) is 4.79 Å². The van der Waals surface area contributed by atoms with Crippen LogP contribution >= 0.6 is 0 Å². The zero-order chi connectivity index (χ0) is 22.6. The van der Waals surface area contributed by atoms with Gasteiger partial charge in [0.15, 0.2) is 0 Å². The number of benzene rings is 2.